The van der Waals surface area contributed by atoms with Gasteiger partial charge in [0.05, 0.1) is 7.11 Å². The molecule has 0 rings (SSSR count). The van der Waals surface area contributed by atoms with Crippen molar-refractivity contribution >= 4 is 19.8 Å². The van der Waals surface area contributed by atoms with E-state index in [4.69, 9.17) is 0 Å². The Bertz CT molecular complexity index is 66.0. The van der Waals surface area contributed by atoms with Crippen molar-refractivity contribution in [2.45, 2.75) is 0 Å². The molecule has 0 aliphatic heterocycles. The molecule has 0 aromatic carbocycles. The van der Waals surface area contributed by atoms with Gasteiger partial charge in [-0.2, -0.15) is 0 Å². The fraction of sp³-hybridized carbons (Fsp3) is 1.00. The minimum Gasteiger partial charge on any atom is -0.149 e. The molecule has 0 saturated heterocycles. The van der Waals surface area contributed by atoms with Gasteiger partial charge in [-0.15, -0.1) is 16.3 Å². The first-order valence-electron chi connectivity index (χ1n) is 1.79. The lowest BCUT2D eigenvalue weighted by Gasteiger charge is -1.74. The summed E-state index contributed by atoms with van der Waals surface area (Å²) in [6.45, 7) is 0. The third-order valence-electron chi connectivity index (χ3n) is 0.438. The molecule has 42 valence electrons. The van der Waals surface area contributed by atoms with Crippen LogP contribution in [0.5, 0.6) is 0 Å². The van der Waals surface area contributed by atoms with Crippen LogP contribution >= 0.6 is 19.8 Å². The van der Waals surface area contributed by atoms with Gasteiger partial charge in [-0.3, -0.25) is 0 Å². The van der Waals surface area contributed by atoms with Gasteiger partial charge in [0.15, 0.2) is 0 Å². The Balaban J connectivity index is 3.00. The zero-order chi connectivity index (χ0) is 5.70. The van der Waals surface area contributed by atoms with Gasteiger partial charge < -0.3 is 0 Å². The molecule has 4 heteroatoms. The maximum Gasteiger partial charge on any atom is 0.518 e. The summed E-state index contributed by atoms with van der Waals surface area (Å²) in [6.07, 6.45) is 1.90. The van der Waals surface area contributed by atoms with E-state index in [0.29, 0.717) is 5.49 Å². The second-order valence-corrected chi connectivity index (χ2v) is 3.57. The van der Waals surface area contributed by atoms with Crippen molar-refractivity contribution in [3.8, 4) is 0 Å². The topological polar surface area (TPSA) is 26.3 Å². The summed E-state index contributed by atoms with van der Waals surface area (Å²) in [5, 5.41) is 0. The first kappa shape index (κ1) is 7.41. The molecular formula is C3H8O2PS+. The fourth-order valence-corrected chi connectivity index (χ4v) is 1.42. The molecule has 0 spiro atoms. The summed E-state index contributed by atoms with van der Waals surface area (Å²) in [6, 6.07) is 0. The minimum absolute atomic E-state index is 0.603. The Morgan fingerprint density at radius 1 is 1.86 bits per heavy atom. The van der Waals surface area contributed by atoms with Crippen molar-refractivity contribution < 1.29 is 9.09 Å². The normalized spacial score (nSPS) is 11.4. The van der Waals surface area contributed by atoms with Crippen molar-refractivity contribution in [3.63, 3.8) is 0 Å². The maximum absolute atomic E-state index is 10.3. The zero-order valence-electron chi connectivity index (χ0n) is 4.38. The van der Waals surface area contributed by atoms with E-state index in [2.05, 4.69) is 4.52 Å². The largest absolute Gasteiger partial charge is 0.518 e. The predicted molar refractivity (Wildman–Crippen MR) is 33.0 cm³/mol. The van der Waals surface area contributed by atoms with E-state index in [0.717, 1.165) is 0 Å². The zero-order valence-corrected chi connectivity index (χ0v) is 6.09. The standard InChI is InChI=1S/C3H8O2PS/c1-5-6(4)3-7-2/h3H2,1-2H3/q+1. The highest BCUT2D eigenvalue weighted by Crippen LogP contribution is 2.24. The molecule has 7 heavy (non-hydrogen) atoms. The van der Waals surface area contributed by atoms with Crippen LogP contribution in [-0.2, 0) is 9.09 Å². The van der Waals surface area contributed by atoms with Crippen LogP contribution in [0.3, 0.4) is 0 Å². The number of rotatable bonds is 3. The second kappa shape index (κ2) is 4.57. The van der Waals surface area contributed by atoms with Crippen molar-refractivity contribution in [2.24, 2.45) is 0 Å². The third kappa shape index (κ3) is 4.26. The van der Waals surface area contributed by atoms with Crippen LogP contribution in [0.4, 0.5) is 0 Å². The molecule has 0 radical (unpaired) electrons. The van der Waals surface area contributed by atoms with Crippen LogP contribution in [0.25, 0.3) is 0 Å². The summed E-state index contributed by atoms with van der Waals surface area (Å²) < 4.78 is 14.8. The molecule has 0 saturated carbocycles. The molecule has 0 amide bonds. The first-order valence-corrected chi connectivity index (χ1v) is 4.54. The molecule has 2 nitrogen and oxygen atoms in total. The van der Waals surface area contributed by atoms with Crippen LogP contribution < -0.4 is 0 Å². The highest BCUT2D eigenvalue weighted by Gasteiger charge is 2.10. The van der Waals surface area contributed by atoms with E-state index in [1.54, 1.807) is 0 Å². The lowest BCUT2D eigenvalue weighted by molar-refractivity contribution is 0.418. The van der Waals surface area contributed by atoms with Crippen LogP contribution in [-0.4, -0.2) is 18.9 Å². The molecule has 1 unspecified atom stereocenters. The molecule has 0 aromatic rings. The molecule has 0 aromatic heterocycles. The van der Waals surface area contributed by atoms with Gasteiger partial charge in [-0.25, -0.2) is 0 Å². The van der Waals surface area contributed by atoms with Crippen LogP contribution in [0.15, 0.2) is 0 Å². The van der Waals surface area contributed by atoms with Gasteiger partial charge in [0.1, 0.15) is 0 Å². The Hall–Kier alpha value is 0.410. The van der Waals surface area contributed by atoms with Crippen molar-refractivity contribution in [1.29, 1.82) is 0 Å². The average Bonchev–Trinajstić information content (AvgIpc) is 1.68. The molecule has 0 N–H and O–H groups in total. The molecule has 1 atom stereocenters. The predicted octanol–water partition coefficient (Wildman–Crippen LogP) is 1.70. The summed E-state index contributed by atoms with van der Waals surface area (Å²) in [4.78, 5) is 0. The van der Waals surface area contributed by atoms with Gasteiger partial charge in [0.25, 0.3) is 0 Å². The molecule has 0 fully saturated rings. The van der Waals surface area contributed by atoms with Crippen molar-refractivity contribution in [1.82, 2.24) is 0 Å². The van der Waals surface area contributed by atoms with E-state index < -0.39 is 8.03 Å². The van der Waals surface area contributed by atoms with E-state index in [1.165, 1.54) is 18.9 Å². The highest BCUT2D eigenvalue weighted by molar-refractivity contribution is 8.02. The van der Waals surface area contributed by atoms with Crippen LogP contribution in [0.1, 0.15) is 0 Å². The highest BCUT2D eigenvalue weighted by atomic mass is 32.2. The smallest absolute Gasteiger partial charge is 0.149 e. The Kier molecular flexibility index (Phi) is 4.83. The molecular weight excluding hydrogens is 131 g/mol. The third-order valence-corrected chi connectivity index (χ3v) is 2.72. The summed E-state index contributed by atoms with van der Waals surface area (Å²) in [7, 11) is 0.0878. The van der Waals surface area contributed by atoms with E-state index >= 15 is 0 Å². The Labute approximate surface area is 48.5 Å². The minimum atomic E-state index is -1.37. The maximum atomic E-state index is 10.3. The fourth-order valence-electron chi connectivity index (χ4n) is 0.158. The average molecular weight is 139 g/mol. The first-order chi connectivity index (χ1) is 3.31. The van der Waals surface area contributed by atoms with Gasteiger partial charge in [-0.05, 0) is 10.8 Å². The van der Waals surface area contributed by atoms with Gasteiger partial charge in [0, 0.05) is 0 Å². The van der Waals surface area contributed by atoms with E-state index in [-0.39, 0.29) is 0 Å². The van der Waals surface area contributed by atoms with E-state index in [1.807, 2.05) is 6.26 Å². The monoisotopic (exact) mass is 139 g/mol. The molecule has 0 heterocycles. The number of thioether (sulfide) groups is 1. The van der Waals surface area contributed by atoms with Gasteiger partial charge in [0.2, 0.25) is 5.49 Å². The van der Waals surface area contributed by atoms with Crippen LogP contribution in [0.2, 0.25) is 0 Å². The van der Waals surface area contributed by atoms with Gasteiger partial charge in [-0.1, -0.05) is 0 Å². The van der Waals surface area contributed by atoms with Gasteiger partial charge >= 0.3 is 8.03 Å². The molecule has 0 bridgehead atoms. The Morgan fingerprint density at radius 3 is 2.57 bits per heavy atom. The quantitative estimate of drug-likeness (QED) is 0.556. The van der Waals surface area contributed by atoms with Crippen molar-refractivity contribution in [3.05, 3.63) is 0 Å². The summed E-state index contributed by atoms with van der Waals surface area (Å²) >= 11 is 1.53. The second-order valence-electron chi connectivity index (χ2n) is 0.933. The van der Waals surface area contributed by atoms with E-state index in [9.17, 15) is 4.57 Å². The number of hydrogen-bond acceptors (Lipinski definition) is 3. The lowest BCUT2D eigenvalue weighted by atomic mass is 11.8. The Morgan fingerprint density at radius 2 is 2.43 bits per heavy atom. The number of hydrogen-bond donors (Lipinski definition) is 0. The summed E-state index contributed by atoms with van der Waals surface area (Å²) in [5.74, 6) is 0. The summed E-state index contributed by atoms with van der Waals surface area (Å²) in [5.41, 5.74) is 0.603. The lowest BCUT2D eigenvalue weighted by Crippen LogP contribution is -1.68. The van der Waals surface area contributed by atoms with Crippen LogP contribution in [0, 0.1) is 0 Å². The SMILES string of the molecule is CO[P+](=O)CSC. The molecule has 0 aliphatic carbocycles. The van der Waals surface area contributed by atoms with Crippen molar-refractivity contribution in [2.75, 3.05) is 18.9 Å². The molecule has 0 aliphatic rings.